The molecular formula is C22H34O4. The summed E-state index contributed by atoms with van der Waals surface area (Å²) >= 11 is 0. The smallest absolute Gasteiger partial charge is 0.339 e. The first-order valence-electron chi connectivity index (χ1n) is 9.89. The molecule has 0 aliphatic heterocycles. The minimum Gasteiger partial charge on any atom is -0.462 e. The van der Waals surface area contributed by atoms with Gasteiger partial charge in [0, 0.05) is 0 Å². The van der Waals surface area contributed by atoms with Crippen molar-refractivity contribution < 1.29 is 19.1 Å². The van der Waals surface area contributed by atoms with Crippen LogP contribution in [0.1, 0.15) is 93.4 Å². The third-order valence-electron chi connectivity index (χ3n) is 4.12. The minimum absolute atomic E-state index is 0.230. The number of ether oxygens (including phenoxy) is 2. The lowest BCUT2D eigenvalue weighted by Crippen LogP contribution is -2.17. The van der Waals surface area contributed by atoms with Crippen LogP contribution in [0, 0.1) is 5.92 Å². The Kier molecular flexibility index (Phi) is 10.7. The van der Waals surface area contributed by atoms with Gasteiger partial charge in [-0.05, 0) is 38.3 Å². The molecule has 0 aliphatic carbocycles. The third-order valence-corrected chi connectivity index (χ3v) is 4.12. The molecule has 0 aromatic heterocycles. The maximum atomic E-state index is 12.3. The Morgan fingerprint density at radius 1 is 0.808 bits per heavy atom. The van der Waals surface area contributed by atoms with Crippen molar-refractivity contribution in [2.24, 2.45) is 5.92 Å². The van der Waals surface area contributed by atoms with Gasteiger partial charge in [0.15, 0.2) is 0 Å². The Balaban J connectivity index is 2.30. The zero-order chi connectivity index (χ0) is 19.4. The van der Waals surface area contributed by atoms with Gasteiger partial charge in [-0.15, -0.1) is 0 Å². The second kappa shape index (κ2) is 12.5. The van der Waals surface area contributed by atoms with Crippen molar-refractivity contribution in [3.8, 4) is 0 Å². The molecule has 0 bridgehead atoms. The Morgan fingerprint density at radius 2 is 1.35 bits per heavy atom. The molecular weight excluding hydrogens is 328 g/mol. The summed E-state index contributed by atoms with van der Waals surface area (Å²) in [7, 11) is 0. The van der Waals surface area contributed by atoms with Crippen LogP contribution < -0.4 is 0 Å². The quantitative estimate of drug-likeness (QED) is 0.348. The standard InChI is InChI=1S/C22H34O4/c1-17(2)13-9-7-5-6-8-12-16-25-21(23)19-14-10-11-15-20(19)22(24)26-18(3)4/h10-11,14-15,17-18H,5-9,12-13,16H2,1-4H3. The lowest BCUT2D eigenvalue weighted by Gasteiger charge is -2.11. The zero-order valence-electron chi connectivity index (χ0n) is 16.8. The van der Waals surface area contributed by atoms with Crippen LogP contribution in [0.25, 0.3) is 0 Å². The second-order valence-corrected chi connectivity index (χ2v) is 7.44. The number of benzene rings is 1. The van der Waals surface area contributed by atoms with E-state index in [1.54, 1.807) is 38.1 Å². The van der Waals surface area contributed by atoms with Crippen molar-refractivity contribution in [3.63, 3.8) is 0 Å². The van der Waals surface area contributed by atoms with Crippen molar-refractivity contribution in [1.82, 2.24) is 0 Å². The average molecular weight is 363 g/mol. The van der Waals surface area contributed by atoms with E-state index in [1.165, 1.54) is 32.1 Å². The SMILES string of the molecule is CC(C)CCCCCCCCOC(=O)c1ccccc1C(=O)OC(C)C. The van der Waals surface area contributed by atoms with E-state index < -0.39 is 11.9 Å². The number of carbonyl (C=O) groups is 2. The van der Waals surface area contributed by atoms with E-state index in [1.807, 2.05) is 0 Å². The molecule has 1 aromatic rings. The summed E-state index contributed by atoms with van der Waals surface area (Å²) in [6.07, 6.45) is 7.99. The lowest BCUT2D eigenvalue weighted by molar-refractivity contribution is 0.0360. The highest BCUT2D eigenvalue weighted by atomic mass is 16.5. The molecule has 0 amide bonds. The highest BCUT2D eigenvalue weighted by molar-refractivity contribution is 6.03. The Labute approximate surface area is 158 Å². The van der Waals surface area contributed by atoms with Crippen LogP contribution in [0.5, 0.6) is 0 Å². The zero-order valence-corrected chi connectivity index (χ0v) is 16.8. The van der Waals surface area contributed by atoms with Crippen LogP contribution in [0.15, 0.2) is 24.3 Å². The molecule has 0 radical (unpaired) electrons. The predicted molar refractivity (Wildman–Crippen MR) is 104 cm³/mol. The molecule has 1 rings (SSSR count). The summed E-state index contributed by atoms with van der Waals surface area (Å²) < 4.78 is 10.5. The van der Waals surface area contributed by atoms with E-state index in [-0.39, 0.29) is 17.2 Å². The number of unbranched alkanes of at least 4 members (excludes halogenated alkanes) is 5. The Hall–Kier alpha value is -1.84. The van der Waals surface area contributed by atoms with Crippen molar-refractivity contribution in [3.05, 3.63) is 35.4 Å². The van der Waals surface area contributed by atoms with Gasteiger partial charge in [0.1, 0.15) is 0 Å². The van der Waals surface area contributed by atoms with E-state index in [4.69, 9.17) is 9.47 Å². The van der Waals surface area contributed by atoms with Gasteiger partial charge in [-0.2, -0.15) is 0 Å². The summed E-state index contributed by atoms with van der Waals surface area (Å²) in [5, 5.41) is 0. The van der Waals surface area contributed by atoms with E-state index in [2.05, 4.69) is 13.8 Å². The number of hydrogen-bond acceptors (Lipinski definition) is 4. The molecule has 4 nitrogen and oxygen atoms in total. The second-order valence-electron chi connectivity index (χ2n) is 7.44. The van der Waals surface area contributed by atoms with Crippen molar-refractivity contribution >= 4 is 11.9 Å². The summed E-state index contributed by atoms with van der Waals surface area (Å²) in [6, 6.07) is 6.64. The minimum atomic E-state index is -0.492. The molecule has 0 unspecified atom stereocenters. The van der Waals surface area contributed by atoms with Gasteiger partial charge in [-0.1, -0.05) is 64.5 Å². The first kappa shape index (κ1) is 22.2. The highest BCUT2D eigenvalue weighted by Crippen LogP contribution is 2.14. The number of hydrogen-bond donors (Lipinski definition) is 0. The maximum absolute atomic E-state index is 12.3. The normalized spacial score (nSPS) is 11.0. The molecule has 0 spiro atoms. The van der Waals surface area contributed by atoms with E-state index in [0.717, 1.165) is 18.8 Å². The summed E-state index contributed by atoms with van der Waals surface area (Å²) in [6.45, 7) is 8.46. The van der Waals surface area contributed by atoms with Gasteiger partial charge in [0.05, 0.1) is 23.8 Å². The molecule has 4 heteroatoms. The average Bonchev–Trinajstić information content (AvgIpc) is 2.59. The van der Waals surface area contributed by atoms with Gasteiger partial charge in [0.25, 0.3) is 0 Å². The lowest BCUT2D eigenvalue weighted by atomic mass is 10.0. The molecule has 0 atom stereocenters. The van der Waals surface area contributed by atoms with Crippen molar-refractivity contribution in [2.45, 2.75) is 78.7 Å². The molecule has 0 heterocycles. The highest BCUT2D eigenvalue weighted by Gasteiger charge is 2.19. The first-order chi connectivity index (χ1) is 12.4. The predicted octanol–water partition coefficient (Wildman–Crippen LogP) is 5.80. The fourth-order valence-electron chi connectivity index (χ4n) is 2.72. The molecule has 1 aromatic carbocycles. The van der Waals surface area contributed by atoms with Crippen LogP contribution in [-0.4, -0.2) is 24.6 Å². The van der Waals surface area contributed by atoms with Crippen molar-refractivity contribution in [1.29, 1.82) is 0 Å². The maximum Gasteiger partial charge on any atom is 0.339 e. The summed E-state index contributed by atoms with van der Waals surface area (Å²) in [5.74, 6) is -0.165. The van der Waals surface area contributed by atoms with Gasteiger partial charge >= 0.3 is 11.9 Å². The molecule has 0 saturated carbocycles. The molecule has 146 valence electrons. The van der Waals surface area contributed by atoms with Crippen LogP contribution in [0.3, 0.4) is 0 Å². The largest absolute Gasteiger partial charge is 0.462 e. The van der Waals surface area contributed by atoms with Gasteiger partial charge in [-0.25, -0.2) is 9.59 Å². The Bertz CT molecular complexity index is 549. The van der Waals surface area contributed by atoms with Gasteiger partial charge in [-0.3, -0.25) is 0 Å². The Morgan fingerprint density at radius 3 is 1.92 bits per heavy atom. The number of rotatable bonds is 12. The first-order valence-corrected chi connectivity index (χ1v) is 9.89. The molecule has 0 fully saturated rings. The van der Waals surface area contributed by atoms with E-state index >= 15 is 0 Å². The number of carbonyl (C=O) groups excluding carboxylic acids is 2. The topological polar surface area (TPSA) is 52.6 Å². The van der Waals surface area contributed by atoms with E-state index in [9.17, 15) is 9.59 Å². The monoisotopic (exact) mass is 362 g/mol. The molecule has 26 heavy (non-hydrogen) atoms. The van der Waals surface area contributed by atoms with Gasteiger partial charge < -0.3 is 9.47 Å². The molecule has 0 N–H and O–H groups in total. The van der Waals surface area contributed by atoms with Crippen molar-refractivity contribution in [2.75, 3.05) is 6.61 Å². The molecule has 0 saturated heterocycles. The van der Waals surface area contributed by atoms with Crippen LogP contribution >= 0.6 is 0 Å². The van der Waals surface area contributed by atoms with Crippen LogP contribution in [0.2, 0.25) is 0 Å². The molecule has 0 aliphatic rings. The summed E-state index contributed by atoms with van der Waals surface area (Å²) in [4.78, 5) is 24.4. The summed E-state index contributed by atoms with van der Waals surface area (Å²) in [5.41, 5.74) is 0.531. The fraction of sp³-hybridized carbons (Fsp3) is 0.636. The van der Waals surface area contributed by atoms with Crippen LogP contribution in [0.4, 0.5) is 0 Å². The van der Waals surface area contributed by atoms with Crippen LogP contribution in [-0.2, 0) is 9.47 Å². The van der Waals surface area contributed by atoms with Gasteiger partial charge in [0.2, 0.25) is 0 Å². The number of esters is 2. The third kappa shape index (κ3) is 9.02. The fourth-order valence-corrected chi connectivity index (χ4v) is 2.72. The van der Waals surface area contributed by atoms with E-state index in [0.29, 0.717) is 6.61 Å².